The second-order valence-electron chi connectivity index (χ2n) is 1.49. The van der Waals surface area contributed by atoms with Gasteiger partial charge in [0.2, 0.25) is 0 Å². The van der Waals surface area contributed by atoms with Crippen LogP contribution in [-0.4, -0.2) is 0 Å². The molecule has 9 heavy (non-hydrogen) atoms. The average Bonchev–Trinajstić information content (AvgIpc) is 1.94. The van der Waals surface area contributed by atoms with Crippen LogP contribution in [-0.2, 0) is 0 Å². The Morgan fingerprint density at radius 1 is 1.00 bits per heavy atom. The first-order chi connectivity index (χ1) is 4.39. The SMILES string of the molecule is CC.[PH3+]c1ccccc1. The lowest BCUT2D eigenvalue weighted by Gasteiger charge is -1.77. The lowest BCUT2D eigenvalue weighted by Crippen LogP contribution is -1.82. The molecule has 1 atom stereocenters. The largest absolute Gasteiger partial charge is 0.0865 e. The average molecular weight is 141 g/mol. The van der Waals surface area contributed by atoms with Crippen molar-refractivity contribution in [3.63, 3.8) is 0 Å². The van der Waals surface area contributed by atoms with Gasteiger partial charge in [-0.05, 0) is 12.1 Å². The van der Waals surface area contributed by atoms with Crippen molar-refractivity contribution in [3.8, 4) is 0 Å². The van der Waals surface area contributed by atoms with Crippen LogP contribution >= 0.6 is 9.24 Å². The first kappa shape index (κ1) is 8.65. The minimum absolute atomic E-state index is 1.35. The van der Waals surface area contributed by atoms with Gasteiger partial charge in [0.15, 0.2) is 0 Å². The summed E-state index contributed by atoms with van der Waals surface area (Å²) in [4.78, 5) is 0. The first-order valence-electron chi connectivity index (χ1n) is 3.26. The second kappa shape index (κ2) is 5.78. The van der Waals surface area contributed by atoms with Crippen LogP contribution in [0.5, 0.6) is 0 Å². The highest BCUT2D eigenvalue weighted by Gasteiger charge is 1.78. The van der Waals surface area contributed by atoms with Gasteiger partial charge < -0.3 is 0 Å². The van der Waals surface area contributed by atoms with Crippen LogP contribution < -0.4 is 5.30 Å². The molecule has 1 unspecified atom stereocenters. The monoisotopic (exact) mass is 141 g/mol. The quantitative estimate of drug-likeness (QED) is 0.484. The van der Waals surface area contributed by atoms with Gasteiger partial charge in [0, 0.05) is 9.24 Å². The van der Waals surface area contributed by atoms with Gasteiger partial charge in [-0.2, -0.15) is 0 Å². The van der Waals surface area contributed by atoms with Crippen LogP contribution in [0.3, 0.4) is 0 Å². The van der Waals surface area contributed by atoms with Gasteiger partial charge in [-0.3, -0.25) is 0 Å². The molecule has 0 aliphatic carbocycles. The van der Waals surface area contributed by atoms with E-state index in [4.69, 9.17) is 0 Å². The molecule has 1 aromatic rings. The van der Waals surface area contributed by atoms with Crippen molar-refractivity contribution in [1.82, 2.24) is 0 Å². The Bertz CT molecular complexity index is 134. The van der Waals surface area contributed by atoms with Crippen LogP contribution in [0.4, 0.5) is 0 Å². The maximum atomic E-state index is 2.10. The standard InChI is InChI=1S/C6H7P.C2H6/c7-6-4-2-1-3-5-6;1-2/h1-5H,7H2;1-2H3/p+1. The molecule has 0 spiro atoms. The lowest BCUT2D eigenvalue weighted by atomic mass is 10.4. The molecule has 0 bridgehead atoms. The van der Waals surface area contributed by atoms with Crippen molar-refractivity contribution in [2.45, 2.75) is 13.8 Å². The van der Waals surface area contributed by atoms with E-state index in [0.717, 1.165) is 0 Å². The highest BCUT2D eigenvalue weighted by atomic mass is 31.0. The molecule has 0 nitrogen and oxygen atoms in total. The molecule has 0 heterocycles. The normalized spacial score (nSPS) is 7.78. The molecule has 0 N–H and O–H groups in total. The van der Waals surface area contributed by atoms with Gasteiger partial charge in [0.1, 0.15) is 0 Å². The Balaban J connectivity index is 0.000000291. The summed E-state index contributed by atoms with van der Waals surface area (Å²) in [5.41, 5.74) is 0. The zero-order valence-corrected chi connectivity index (χ0v) is 7.51. The summed E-state index contributed by atoms with van der Waals surface area (Å²) in [7, 11) is 1.90. The predicted molar refractivity (Wildman–Crippen MR) is 48.5 cm³/mol. The number of hydrogen-bond acceptors (Lipinski definition) is 0. The molecule has 1 aromatic carbocycles. The molecular formula is C8H14P+. The number of benzene rings is 1. The summed E-state index contributed by atoms with van der Waals surface area (Å²) in [6, 6.07) is 10.3. The summed E-state index contributed by atoms with van der Waals surface area (Å²) in [5.74, 6) is 0. The zero-order chi connectivity index (χ0) is 7.11. The molecule has 0 aromatic heterocycles. The van der Waals surface area contributed by atoms with Gasteiger partial charge in [0.25, 0.3) is 0 Å². The molecule has 1 rings (SSSR count). The van der Waals surface area contributed by atoms with Crippen LogP contribution in [0.2, 0.25) is 0 Å². The maximum Gasteiger partial charge on any atom is 0.0865 e. The molecule has 0 aliphatic heterocycles. The Kier molecular flexibility index (Phi) is 5.56. The van der Waals surface area contributed by atoms with Gasteiger partial charge in [-0.15, -0.1) is 0 Å². The fraction of sp³-hybridized carbons (Fsp3) is 0.250. The Morgan fingerprint density at radius 3 is 1.67 bits per heavy atom. The van der Waals surface area contributed by atoms with E-state index < -0.39 is 0 Å². The van der Waals surface area contributed by atoms with Crippen molar-refractivity contribution in [2.24, 2.45) is 0 Å². The van der Waals surface area contributed by atoms with Gasteiger partial charge >= 0.3 is 0 Å². The topological polar surface area (TPSA) is 0 Å². The Labute approximate surface area is 59.5 Å². The van der Waals surface area contributed by atoms with Crippen LogP contribution in [0, 0.1) is 0 Å². The van der Waals surface area contributed by atoms with Crippen LogP contribution in [0.15, 0.2) is 30.3 Å². The summed E-state index contributed by atoms with van der Waals surface area (Å²) < 4.78 is 0. The van der Waals surface area contributed by atoms with Crippen molar-refractivity contribution in [2.75, 3.05) is 0 Å². The Hall–Kier alpha value is -0.350. The van der Waals surface area contributed by atoms with E-state index in [1.165, 1.54) is 5.30 Å². The van der Waals surface area contributed by atoms with E-state index >= 15 is 0 Å². The summed E-state index contributed by atoms with van der Waals surface area (Å²) >= 11 is 0. The van der Waals surface area contributed by atoms with Gasteiger partial charge in [-0.1, -0.05) is 32.0 Å². The van der Waals surface area contributed by atoms with Crippen molar-refractivity contribution in [1.29, 1.82) is 0 Å². The third-order valence-corrected chi connectivity index (χ3v) is 1.31. The molecule has 1 heteroatoms. The minimum atomic E-state index is 1.35. The fourth-order valence-corrected chi connectivity index (χ4v) is 0.750. The van der Waals surface area contributed by atoms with Crippen LogP contribution in [0.1, 0.15) is 13.8 Å². The highest BCUT2D eigenvalue weighted by Crippen LogP contribution is 1.86. The maximum absolute atomic E-state index is 2.10. The molecule has 50 valence electrons. The van der Waals surface area contributed by atoms with E-state index in [1.54, 1.807) is 0 Å². The predicted octanol–water partition coefficient (Wildman–Crippen LogP) is 1.95. The fourth-order valence-electron chi connectivity index (χ4n) is 0.478. The van der Waals surface area contributed by atoms with E-state index in [9.17, 15) is 0 Å². The smallest absolute Gasteiger partial charge is 0.0683 e. The second-order valence-corrected chi connectivity index (χ2v) is 2.30. The highest BCUT2D eigenvalue weighted by molar-refractivity contribution is 7.27. The summed E-state index contributed by atoms with van der Waals surface area (Å²) in [6.07, 6.45) is 0. The van der Waals surface area contributed by atoms with Crippen LogP contribution in [0.25, 0.3) is 0 Å². The molecule has 0 amide bonds. The number of rotatable bonds is 0. The molecule has 0 fully saturated rings. The zero-order valence-electron chi connectivity index (χ0n) is 6.09. The number of hydrogen-bond donors (Lipinski definition) is 0. The Morgan fingerprint density at radius 2 is 1.44 bits per heavy atom. The molecule has 0 saturated heterocycles. The molecule has 0 radical (unpaired) electrons. The van der Waals surface area contributed by atoms with Crippen molar-refractivity contribution < 1.29 is 0 Å². The first-order valence-corrected chi connectivity index (χ1v) is 3.97. The van der Waals surface area contributed by atoms with Crippen molar-refractivity contribution in [3.05, 3.63) is 30.3 Å². The van der Waals surface area contributed by atoms with E-state index in [0.29, 0.717) is 0 Å². The molecule has 0 aliphatic rings. The van der Waals surface area contributed by atoms with Gasteiger partial charge in [-0.25, -0.2) is 0 Å². The van der Waals surface area contributed by atoms with E-state index in [1.807, 2.05) is 41.3 Å². The minimum Gasteiger partial charge on any atom is -0.0683 e. The third-order valence-electron chi connectivity index (χ3n) is 0.843. The van der Waals surface area contributed by atoms with E-state index in [2.05, 4.69) is 12.1 Å². The molecule has 0 saturated carbocycles. The lowest BCUT2D eigenvalue weighted by molar-refractivity contribution is 1.50. The van der Waals surface area contributed by atoms with E-state index in [-0.39, 0.29) is 0 Å². The third kappa shape index (κ3) is 4.17. The van der Waals surface area contributed by atoms with Crippen molar-refractivity contribution >= 4 is 14.5 Å². The summed E-state index contributed by atoms with van der Waals surface area (Å²) in [6.45, 7) is 4.00. The molecular weight excluding hydrogens is 127 g/mol. The summed E-state index contributed by atoms with van der Waals surface area (Å²) in [5, 5.41) is 1.35. The van der Waals surface area contributed by atoms with Gasteiger partial charge in [0.05, 0.1) is 5.30 Å².